The van der Waals surface area contributed by atoms with Crippen molar-refractivity contribution in [1.29, 1.82) is 0 Å². The smallest absolute Gasteiger partial charge is 0.248 e. The van der Waals surface area contributed by atoms with Crippen molar-refractivity contribution < 1.29 is 9.59 Å². The quantitative estimate of drug-likeness (QED) is 0.806. The predicted octanol–water partition coefficient (Wildman–Crippen LogP) is 2.56. The van der Waals surface area contributed by atoms with Crippen LogP contribution in [0.15, 0.2) is 4.99 Å². The van der Waals surface area contributed by atoms with Gasteiger partial charge in [0.1, 0.15) is 6.04 Å². The van der Waals surface area contributed by atoms with Gasteiger partial charge in [-0.1, -0.05) is 25.6 Å². The number of thioether (sulfide) groups is 1. The number of hydrogen-bond donors (Lipinski definition) is 2. The number of rotatable bonds is 4. The number of nitrogens with zero attached hydrogens (tertiary/aromatic N) is 1. The summed E-state index contributed by atoms with van der Waals surface area (Å²) in [5.74, 6) is 3.17. The number of amides is 2. The fourth-order valence-corrected chi connectivity index (χ4v) is 6.54. The summed E-state index contributed by atoms with van der Waals surface area (Å²) in [5.41, 5.74) is -0.207. The van der Waals surface area contributed by atoms with Gasteiger partial charge in [0.05, 0.1) is 6.54 Å². The summed E-state index contributed by atoms with van der Waals surface area (Å²) in [7, 11) is 0. The normalized spacial score (nSPS) is 37.1. The molecule has 4 fully saturated rings. The van der Waals surface area contributed by atoms with Crippen molar-refractivity contribution in [1.82, 2.24) is 10.6 Å². The van der Waals surface area contributed by atoms with E-state index in [1.807, 2.05) is 13.8 Å². The second-order valence-corrected chi connectivity index (χ2v) is 10.0. The Balaban J connectivity index is 1.45. The van der Waals surface area contributed by atoms with Gasteiger partial charge in [-0.3, -0.25) is 14.6 Å². The molecule has 2 amide bonds. The number of nitrogens with one attached hydrogen (secondary N) is 2. The van der Waals surface area contributed by atoms with Crippen LogP contribution in [0.4, 0.5) is 0 Å². The molecule has 138 valence electrons. The number of aliphatic imine (C=N–C) groups is 1. The first-order valence-corrected chi connectivity index (χ1v) is 10.7. The van der Waals surface area contributed by atoms with E-state index in [0.29, 0.717) is 5.17 Å². The van der Waals surface area contributed by atoms with Gasteiger partial charge in [-0.15, -0.1) is 0 Å². The van der Waals surface area contributed by atoms with Crippen LogP contribution in [0.1, 0.15) is 52.4 Å². The van der Waals surface area contributed by atoms with Crippen molar-refractivity contribution in [3.8, 4) is 0 Å². The van der Waals surface area contributed by atoms with E-state index in [2.05, 4.69) is 15.6 Å². The third-order valence-electron chi connectivity index (χ3n) is 6.57. The minimum Gasteiger partial charge on any atom is -0.344 e. The van der Waals surface area contributed by atoms with E-state index in [1.165, 1.54) is 19.3 Å². The lowest BCUT2D eigenvalue weighted by Crippen LogP contribution is -2.58. The number of amidine groups is 1. The predicted molar refractivity (Wildman–Crippen MR) is 100 cm³/mol. The molecule has 0 aromatic rings. The minimum absolute atomic E-state index is 0.0601. The van der Waals surface area contributed by atoms with Crippen molar-refractivity contribution in [3.63, 3.8) is 0 Å². The maximum Gasteiger partial charge on any atom is 0.248 e. The molecule has 25 heavy (non-hydrogen) atoms. The first kappa shape index (κ1) is 17.4. The van der Waals surface area contributed by atoms with Crippen molar-refractivity contribution in [3.05, 3.63) is 0 Å². The maximum atomic E-state index is 13.2. The molecule has 4 bridgehead atoms. The minimum atomic E-state index is -0.482. The van der Waals surface area contributed by atoms with Gasteiger partial charge in [0, 0.05) is 11.2 Å². The lowest BCUT2D eigenvalue weighted by atomic mass is 9.49. The number of hydrogen-bond acceptors (Lipinski definition) is 4. The highest BCUT2D eigenvalue weighted by Crippen LogP contribution is 2.60. The van der Waals surface area contributed by atoms with Crippen molar-refractivity contribution >= 4 is 28.7 Å². The molecule has 1 heterocycles. The van der Waals surface area contributed by atoms with Gasteiger partial charge in [0.15, 0.2) is 5.17 Å². The molecule has 0 aromatic carbocycles. The average Bonchev–Trinajstić information content (AvgIpc) is 3.03. The Morgan fingerprint density at radius 2 is 1.72 bits per heavy atom. The highest BCUT2D eigenvalue weighted by molar-refractivity contribution is 8.14. The highest BCUT2D eigenvalue weighted by atomic mass is 32.2. The molecule has 1 aliphatic heterocycles. The van der Waals surface area contributed by atoms with E-state index < -0.39 is 6.04 Å². The van der Waals surface area contributed by atoms with Gasteiger partial charge in [-0.2, -0.15) is 0 Å². The maximum absolute atomic E-state index is 13.2. The summed E-state index contributed by atoms with van der Waals surface area (Å²) in [4.78, 5) is 30.2. The van der Waals surface area contributed by atoms with Gasteiger partial charge < -0.3 is 10.6 Å². The third kappa shape index (κ3) is 3.34. The van der Waals surface area contributed by atoms with E-state index in [9.17, 15) is 9.59 Å². The van der Waals surface area contributed by atoms with Crippen LogP contribution in [0, 0.1) is 29.1 Å². The monoisotopic (exact) mass is 363 g/mol. The number of carbonyl (C=O) groups is 2. The fraction of sp³-hybridized carbons (Fsp3) is 0.842. The average molecular weight is 364 g/mol. The number of carbonyl (C=O) groups excluding carboxylic acids is 2. The van der Waals surface area contributed by atoms with Crippen LogP contribution in [0.3, 0.4) is 0 Å². The zero-order valence-corrected chi connectivity index (χ0v) is 16.0. The van der Waals surface area contributed by atoms with Crippen LogP contribution in [-0.4, -0.2) is 35.3 Å². The molecule has 0 spiro atoms. The van der Waals surface area contributed by atoms with Crippen LogP contribution in [0.25, 0.3) is 0 Å². The molecule has 5 rings (SSSR count). The molecule has 5 nitrogen and oxygen atoms in total. The zero-order valence-electron chi connectivity index (χ0n) is 15.2. The Kier molecular flexibility index (Phi) is 4.59. The molecular weight excluding hydrogens is 334 g/mol. The molecule has 4 saturated carbocycles. The Bertz CT molecular complexity index is 566. The van der Waals surface area contributed by atoms with Crippen molar-refractivity contribution in [2.45, 2.75) is 58.4 Å². The SMILES string of the molecule is CC(C)[C@H](NC(=O)C12CC3CC(CC(C3)C1)C2)C(=O)NC1=NCCS1. The first-order valence-electron chi connectivity index (χ1n) is 9.74. The summed E-state index contributed by atoms with van der Waals surface area (Å²) in [5, 5.41) is 6.72. The molecule has 0 unspecified atom stereocenters. The van der Waals surface area contributed by atoms with Gasteiger partial charge in [-0.05, 0) is 62.2 Å². The van der Waals surface area contributed by atoms with E-state index in [-0.39, 0.29) is 23.1 Å². The second kappa shape index (κ2) is 6.60. The lowest BCUT2D eigenvalue weighted by molar-refractivity contribution is -0.148. The van der Waals surface area contributed by atoms with Crippen LogP contribution in [-0.2, 0) is 9.59 Å². The van der Waals surface area contributed by atoms with Crippen molar-refractivity contribution in [2.24, 2.45) is 34.1 Å². The molecular formula is C19H29N3O2S. The summed E-state index contributed by atoms with van der Waals surface area (Å²) >= 11 is 1.57. The van der Waals surface area contributed by atoms with Gasteiger partial charge >= 0.3 is 0 Å². The largest absolute Gasteiger partial charge is 0.344 e. The third-order valence-corrected chi connectivity index (χ3v) is 7.46. The second-order valence-electron chi connectivity index (χ2n) is 8.92. The Labute approximate surface area is 154 Å². The van der Waals surface area contributed by atoms with E-state index in [4.69, 9.17) is 0 Å². The Hall–Kier alpha value is -1.04. The summed E-state index contributed by atoms with van der Waals surface area (Å²) in [6.07, 6.45) is 7.03. The summed E-state index contributed by atoms with van der Waals surface area (Å²) < 4.78 is 0. The van der Waals surface area contributed by atoms with E-state index in [1.54, 1.807) is 11.8 Å². The highest BCUT2D eigenvalue weighted by Gasteiger charge is 2.55. The van der Waals surface area contributed by atoms with Gasteiger partial charge in [-0.25, -0.2) is 0 Å². The molecule has 4 aliphatic carbocycles. The molecule has 2 N–H and O–H groups in total. The van der Waals surface area contributed by atoms with E-state index in [0.717, 1.165) is 49.3 Å². The molecule has 6 heteroatoms. The van der Waals surface area contributed by atoms with Crippen molar-refractivity contribution in [2.75, 3.05) is 12.3 Å². The van der Waals surface area contributed by atoms with Gasteiger partial charge in [0.2, 0.25) is 11.8 Å². The molecule has 0 saturated heterocycles. The van der Waals surface area contributed by atoms with Gasteiger partial charge in [0.25, 0.3) is 0 Å². The van der Waals surface area contributed by atoms with Crippen LogP contribution < -0.4 is 10.6 Å². The molecule has 1 atom stereocenters. The zero-order chi connectivity index (χ0) is 17.6. The summed E-state index contributed by atoms with van der Waals surface area (Å²) in [6, 6.07) is -0.482. The summed E-state index contributed by atoms with van der Waals surface area (Å²) in [6.45, 7) is 4.74. The van der Waals surface area contributed by atoms with E-state index >= 15 is 0 Å². The molecule has 0 radical (unpaired) electrons. The van der Waals surface area contributed by atoms with Crippen LogP contribution in [0.2, 0.25) is 0 Å². The Morgan fingerprint density at radius 1 is 1.12 bits per heavy atom. The topological polar surface area (TPSA) is 70.6 Å². The molecule has 0 aromatic heterocycles. The first-order chi connectivity index (χ1) is 11.9. The van der Waals surface area contributed by atoms with Crippen LogP contribution in [0.5, 0.6) is 0 Å². The standard InChI is InChI=1S/C19H29N3O2S/c1-11(2)15(16(23)22-18-20-3-4-25-18)21-17(24)19-8-12-5-13(9-19)7-14(6-12)10-19/h11-15H,3-10H2,1-2H3,(H,21,24)(H,20,22,23)/t12?,13?,14?,15-,19?/m0/s1. The van der Waals surface area contributed by atoms with Crippen LogP contribution >= 0.6 is 11.8 Å². The Morgan fingerprint density at radius 3 is 2.20 bits per heavy atom. The molecule has 5 aliphatic rings. The lowest BCUT2D eigenvalue weighted by Gasteiger charge is -2.55. The fourth-order valence-electron chi connectivity index (χ4n) is 5.81.